The molecule has 30 heavy (non-hydrogen) atoms. The van der Waals surface area contributed by atoms with Gasteiger partial charge < -0.3 is 10.1 Å². The van der Waals surface area contributed by atoms with E-state index in [2.05, 4.69) is 15.4 Å². The number of nitrogens with zero attached hydrogens (tertiary/aromatic N) is 3. The molecule has 0 spiro atoms. The molecule has 1 aromatic carbocycles. The van der Waals surface area contributed by atoms with E-state index in [0.717, 1.165) is 23.5 Å². The fourth-order valence-electron chi connectivity index (χ4n) is 2.75. The summed E-state index contributed by atoms with van der Waals surface area (Å²) >= 11 is 6.10. The van der Waals surface area contributed by atoms with Crippen LogP contribution < -0.4 is 10.1 Å². The van der Waals surface area contributed by atoms with Crippen LogP contribution in [0.3, 0.4) is 0 Å². The van der Waals surface area contributed by atoms with E-state index in [9.17, 15) is 18.0 Å². The molecule has 0 unspecified atom stereocenters. The van der Waals surface area contributed by atoms with Crippen molar-refractivity contribution in [2.45, 2.75) is 20.0 Å². The van der Waals surface area contributed by atoms with Gasteiger partial charge in [0, 0.05) is 5.69 Å². The van der Waals surface area contributed by atoms with Crippen LogP contribution >= 0.6 is 11.6 Å². The van der Waals surface area contributed by atoms with Gasteiger partial charge in [0.2, 0.25) is 0 Å². The van der Waals surface area contributed by atoms with Crippen molar-refractivity contribution < 1.29 is 22.7 Å². The smallest absolute Gasteiger partial charge is 0.416 e. The molecule has 0 fully saturated rings. The third-order valence-electron chi connectivity index (χ3n) is 4.09. The van der Waals surface area contributed by atoms with Crippen LogP contribution in [0.5, 0.6) is 5.75 Å². The highest BCUT2D eigenvalue weighted by Crippen LogP contribution is 2.31. The second-order valence-corrected chi connectivity index (χ2v) is 6.88. The number of alkyl halides is 3. The lowest BCUT2D eigenvalue weighted by molar-refractivity contribution is -0.137. The molecular formula is C20H18ClF3N4O2. The molecule has 3 aromatic rings. The monoisotopic (exact) mass is 438 g/mol. The van der Waals surface area contributed by atoms with Crippen molar-refractivity contribution in [2.75, 3.05) is 13.2 Å². The van der Waals surface area contributed by atoms with Crippen molar-refractivity contribution in [3.05, 3.63) is 70.1 Å². The summed E-state index contributed by atoms with van der Waals surface area (Å²) in [7, 11) is 0. The molecule has 0 saturated carbocycles. The lowest BCUT2D eigenvalue weighted by Gasteiger charge is -2.11. The van der Waals surface area contributed by atoms with Gasteiger partial charge in [-0.2, -0.15) is 18.3 Å². The number of benzene rings is 1. The van der Waals surface area contributed by atoms with Crippen LogP contribution in [-0.2, 0) is 6.18 Å². The highest BCUT2D eigenvalue weighted by atomic mass is 35.5. The molecule has 158 valence electrons. The highest BCUT2D eigenvalue weighted by Gasteiger charge is 2.30. The van der Waals surface area contributed by atoms with E-state index in [4.69, 9.17) is 16.3 Å². The molecule has 6 nitrogen and oxygen atoms in total. The fraction of sp³-hybridized carbons (Fsp3) is 0.250. The third kappa shape index (κ3) is 5.10. The highest BCUT2D eigenvalue weighted by molar-refractivity contribution is 6.33. The zero-order valence-corrected chi connectivity index (χ0v) is 16.9. The van der Waals surface area contributed by atoms with Crippen LogP contribution in [0.2, 0.25) is 5.02 Å². The van der Waals surface area contributed by atoms with Crippen molar-refractivity contribution in [1.29, 1.82) is 0 Å². The van der Waals surface area contributed by atoms with E-state index in [-0.39, 0.29) is 29.6 Å². The van der Waals surface area contributed by atoms with Crippen LogP contribution in [0.4, 0.5) is 13.2 Å². The van der Waals surface area contributed by atoms with Crippen LogP contribution in [0.1, 0.15) is 27.4 Å². The van der Waals surface area contributed by atoms with Crippen LogP contribution in [-0.4, -0.2) is 33.8 Å². The van der Waals surface area contributed by atoms with Crippen LogP contribution in [0.25, 0.3) is 5.82 Å². The van der Waals surface area contributed by atoms with Gasteiger partial charge in [0.25, 0.3) is 5.91 Å². The molecule has 0 bridgehead atoms. The number of carbonyl (C=O) groups is 1. The van der Waals surface area contributed by atoms with Gasteiger partial charge >= 0.3 is 6.18 Å². The zero-order valence-electron chi connectivity index (χ0n) is 16.1. The number of aromatic nitrogens is 3. The molecule has 3 rings (SSSR count). The molecule has 0 aliphatic rings. The summed E-state index contributed by atoms with van der Waals surface area (Å²) in [5.74, 6) is -0.0341. The third-order valence-corrected chi connectivity index (χ3v) is 4.40. The minimum atomic E-state index is -4.45. The Morgan fingerprint density at radius 1 is 1.20 bits per heavy atom. The van der Waals surface area contributed by atoms with E-state index >= 15 is 0 Å². The Hall–Kier alpha value is -3.07. The maximum absolute atomic E-state index is 12.7. The number of aryl methyl sites for hydroxylation is 2. The van der Waals surface area contributed by atoms with Gasteiger partial charge in [-0.05, 0) is 50.2 Å². The Balaban J connectivity index is 1.62. The molecule has 2 aromatic heterocycles. The van der Waals surface area contributed by atoms with Gasteiger partial charge in [-0.15, -0.1) is 0 Å². The first kappa shape index (κ1) is 21.6. The zero-order chi connectivity index (χ0) is 21.9. The lowest BCUT2D eigenvalue weighted by atomic mass is 10.2. The number of carbonyl (C=O) groups excluding carboxylic acids is 1. The minimum absolute atomic E-state index is 0.0146. The average molecular weight is 439 g/mol. The number of ether oxygens (including phenoxy) is 1. The van der Waals surface area contributed by atoms with E-state index in [1.54, 1.807) is 16.8 Å². The minimum Gasteiger partial charge on any atom is -0.492 e. The SMILES string of the molecule is Cc1cc(C)n(-c2ccc(Cl)c(C(=O)NCCOc3cccc(C(F)(F)F)c3)n2)n1. The second-order valence-electron chi connectivity index (χ2n) is 6.47. The Kier molecular flexibility index (Phi) is 6.31. The number of hydrogen-bond donors (Lipinski definition) is 1. The van der Waals surface area contributed by atoms with E-state index in [0.29, 0.717) is 5.82 Å². The number of nitrogens with one attached hydrogen (secondary N) is 1. The summed E-state index contributed by atoms with van der Waals surface area (Å²) in [5, 5.41) is 7.08. The Bertz CT molecular complexity index is 1070. The summed E-state index contributed by atoms with van der Waals surface area (Å²) in [5.41, 5.74) is 0.868. The standard InChI is InChI=1S/C20H18ClF3N4O2/c1-12-10-13(2)28(27-12)17-7-6-16(21)18(26-17)19(29)25-8-9-30-15-5-3-4-14(11-15)20(22,23)24/h3-7,10-11H,8-9H2,1-2H3,(H,25,29). The van der Waals surface area contributed by atoms with Gasteiger partial charge in [0.1, 0.15) is 18.1 Å². The molecule has 0 atom stereocenters. The molecule has 1 amide bonds. The number of halogens is 4. The molecular weight excluding hydrogens is 421 g/mol. The van der Waals surface area contributed by atoms with Gasteiger partial charge in [-0.1, -0.05) is 17.7 Å². The van der Waals surface area contributed by atoms with Gasteiger partial charge in [0.15, 0.2) is 5.82 Å². The van der Waals surface area contributed by atoms with Crippen molar-refractivity contribution >= 4 is 17.5 Å². The molecule has 2 heterocycles. The summed E-state index contributed by atoms with van der Waals surface area (Å²) in [4.78, 5) is 16.7. The summed E-state index contributed by atoms with van der Waals surface area (Å²) < 4.78 is 45.1. The maximum atomic E-state index is 12.7. The maximum Gasteiger partial charge on any atom is 0.416 e. The van der Waals surface area contributed by atoms with E-state index in [1.807, 2.05) is 19.9 Å². The fourth-order valence-corrected chi connectivity index (χ4v) is 2.94. The van der Waals surface area contributed by atoms with Gasteiger partial charge in [-0.3, -0.25) is 4.79 Å². The van der Waals surface area contributed by atoms with E-state index < -0.39 is 17.6 Å². The Morgan fingerprint density at radius 3 is 2.63 bits per heavy atom. The average Bonchev–Trinajstić information content (AvgIpc) is 3.03. The number of pyridine rings is 1. The molecule has 0 radical (unpaired) electrons. The molecule has 1 N–H and O–H groups in total. The Morgan fingerprint density at radius 2 is 1.97 bits per heavy atom. The largest absolute Gasteiger partial charge is 0.492 e. The van der Waals surface area contributed by atoms with Crippen LogP contribution in [0.15, 0.2) is 42.5 Å². The first-order valence-electron chi connectivity index (χ1n) is 8.93. The van der Waals surface area contributed by atoms with E-state index in [1.165, 1.54) is 12.1 Å². The second kappa shape index (κ2) is 8.74. The first-order valence-corrected chi connectivity index (χ1v) is 9.31. The molecule has 0 saturated heterocycles. The quantitative estimate of drug-likeness (QED) is 0.580. The van der Waals surface area contributed by atoms with Crippen LogP contribution in [0, 0.1) is 13.8 Å². The van der Waals surface area contributed by atoms with Crippen molar-refractivity contribution in [3.8, 4) is 11.6 Å². The van der Waals surface area contributed by atoms with Gasteiger partial charge in [-0.25, -0.2) is 9.67 Å². The lowest BCUT2D eigenvalue weighted by Crippen LogP contribution is -2.29. The topological polar surface area (TPSA) is 69.0 Å². The summed E-state index contributed by atoms with van der Waals surface area (Å²) in [6, 6.07) is 9.60. The summed E-state index contributed by atoms with van der Waals surface area (Å²) in [6.07, 6.45) is -4.45. The predicted octanol–water partition coefficient (Wildman–Crippen LogP) is 4.37. The van der Waals surface area contributed by atoms with Crippen molar-refractivity contribution in [2.24, 2.45) is 0 Å². The first-order chi connectivity index (χ1) is 14.1. The molecule has 0 aliphatic heterocycles. The number of rotatable bonds is 6. The Labute approximate surface area is 175 Å². The van der Waals surface area contributed by atoms with Crippen molar-refractivity contribution in [1.82, 2.24) is 20.1 Å². The molecule has 10 heteroatoms. The normalized spacial score (nSPS) is 11.4. The predicted molar refractivity (Wildman–Crippen MR) is 105 cm³/mol. The van der Waals surface area contributed by atoms with Crippen molar-refractivity contribution in [3.63, 3.8) is 0 Å². The number of amides is 1. The number of hydrogen-bond acceptors (Lipinski definition) is 4. The summed E-state index contributed by atoms with van der Waals surface area (Å²) in [6.45, 7) is 3.73. The molecule has 0 aliphatic carbocycles. The van der Waals surface area contributed by atoms with Gasteiger partial charge in [0.05, 0.1) is 22.8 Å².